The number of carbonyl (C=O) groups is 3. The summed E-state index contributed by atoms with van der Waals surface area (Å²) in [6.07, 6.45) is 0.504. The van der Waals surface area contributed by atoms with Crippen LogP contribution in [0.3, 0.4) is 0 Å². The number of aryl methyl sites for hydroxylation is 1. The molecule has 1 aromatic heterocycles. The van der Waals surface area contributed by atoms with E-state index in [0.29, 0.717) is 6.54 Å². The summed E-state index contributed by atoms with van der Waals surface area (Å²) in [5.41, 5.74) is 4.83. The summed E-state index contributed by atoms with van der Waals surface area (Å²) in [7, 11) is 1.58. The SMILES string of the molecule is CCN(CCC(=O)O)C(=O)c1c(NC(=O)OCC2c3ccccc3-c3ccccc32)cnn1C. The molecule has 0 saturated carbocycles. The molecule has 3 aromatic rings. The molecular weight excluding hydrogens is 436 g/mol. The predicted molar refractivity (Wildman–Crippen MR) is 126 cm³/mol. The second-order valence-corrected chi connectivity index (χ2v) is 8.01. The van der Waals surface area contributed by atoms with E-state index >= 15 is 0 Å². The molecule has 0 bridgehead atoms. The van der Waals surface area contributed by atoms with Gasteiger partial charge in [0.05, 0.1) is 18.3 Å². The third-order valence-electron chi connectivity index (χ3n) is 5.99. The molecular formula is C25H26N4O5. The van der Waals surface area contributed by atoms with Gasteiger partial charge in [-0.3, -0.25) is 19.6 Å². The van der Waals surface area contributed by atoms with Crippen molar-refractivity contribution in [1.82, 2.24) is 14.7 Å². The highest BCUT2D eigenvalue weighted by Gasteiger charge is 2.29. The minimum Gasteiger partial charge on any atom is -0.481 e. The van der Waals surface area contributed by atoms with Crippen molar-refractivity contribution in [1.29, 1.82) is 0 Å². The first-order valence-corrected chi connectivity index (χ1v) is 11.1. The van der Waals surface area contributed by atoms with E-state index in [1.165, 1.54) is 15.8 Å². The third kappa shape index (κ3) is 4.50. The number of hydrogen-bond donors (Lipinski definition) is 2. The highest BCUT2D eigenvalue weighted by molar-refractivity contribution is 6.01. The molecule has 9 heteroatoms. The maximum Gasteiger partial charge on any atom is 0.411 e. The summed E-state index contributed by atoms with van der Waals surface area (Å²) in [4.78, 5) is 38.0. The molecule has 34 heavy (non-hydrogen) atoms. The number of carboxylic acid groups (broad SMARTS) is 1. The number of benzene rings is 2. The Kier molecular flexibility index (Phi) is 6.62. The Morgan fingerprint density at radius 3 is 2.29 bits per heavy atom. The third-order valence-corrected chi connectivity index (χ3v) is 5.99. The zero-order chi connectivity index (χ0) is 24.2. The van der Waals surface area contributed by atoms with Gasteiger partial charge in [-0.1, -0.05) is 48.5 Å². The maximum absolute atomic E-state index is 13.0. The molecule has 0 aliphatic heterocycles. The fourth-order valence-electron chi connectivity index (χ4n) is 4.31. The zero-order valence-corrected chi connectivity index (χ0v) is 19.0. The average Bonchev–Trinajstić information content (AvgIpc) is 3.35. The van der Waals surface area contributed by atoms with Gasteiger partial charge in [-0.05, 0) is 29.2 Å². The van der Waals surface area contributed by atoms with Crippen molar-refractivity contribution in [3.8, 4) is 11.1 Å². The molecule has 176 valence electrons. The van der Waals surface area contributed by atoms with Crippen molar-refractivity contribution in [3.63, 3.8) is 0 Å². The lowest BCUT2D eigenvalue weighted by atomic mass is 9.98. The van der Waals surface area contributed by atoms with Gasteiger partial charge < -0.3 is 14.7 Å². The van der Waals surface area contributed by atoms with Crippen LogP contribution in [0.5, 0.6) is 0 Å². The number of rotatable bonds is 8. The van der Waals surface area contributed by atoms with Crippen LogP contribution in [0.15, 0.2) is 54.7 Å². The predicted octanol–water partition coefficient (Wildman–Crippen LogP) is 3.72. The molecule has 9 nitrogen and oxygen atoms in total. The number of aromatic nitrogens is 2. The largest absolute Gasteiger partial charge is 0.481 e. The van der Waals surface area contributed by atoms with Crippen molar-refractivity contribution in [2.24, 2.45) is 7.05 Å². The second kappa shape index (κ2) is 9.78. The number of nitrogens with one attached hydrogen (secondary N) is 1. The van der Waals surface area contributed by atoms with Gasteiger partial charge >= 0.3 is 12.1 Å². The fraction of sp³-hybridized carbons (Fsp3) is 0.280. The quantitative estimate of drug-likeness (QED) is 0.527. The standard InChI is InChI=1S/C25H26N4O5/c1-3-29(13-12-22(30)31)24(32)23-21(14-26-28(23)2)27-25(33)34-15-20-18-10-6-4-8-16(18)17-9-5-7-11-19(17)20/h4-11,14,20H,3,12-13,15H2,1-2H3,(H,27,33)(H,30,31). The summed E-state index contributed by atoms with van der Waals surface area (Å²) < 4.78 is 6.92. The highest BCUT2D eigenvalue weighted by Crippen LogP contribution is 2.44. The normalized spacial score (nSPS) is 12.1. The van der Waals surface area contributed by atoms with Crippen molar-refractivity contribution in [2.75, 3.05) is 25.0 Å². The van der Waals surface area contributed by atoms with Gasteiger partial charge in [0.15, 0.2) is 0 Å². The monoisotopic (exact) mass is 462 g/mol. The van der Waals surface area contributed by atoms with Crippen molar-refractivity contribution in [3.05, 3.63) is 71.5 Å². The van der Waals surface area contributed by atoms with Crippen LogP contribution >= 0.6 is 0 Å². The van der Waals surface area contributed by atoms with E-state index in [0.717, 1.165) is 22.3 Å². The Morgan fingerprint density at radius 2 is 1.71 bits per heavy atom. The van der Waals surface area contributed by atoms with Gasteiger partial charge in [0, 0.05) is 26.1 Å². The molecule has 1 aliphatic rings. The number of anilines is 1. The van der Waals surface area contributed by atoms with Gasteiger partial charge in [-0.2, -0.15) is 5.10 Å². The van der Waals surface area contributed by atoms with Gasteiger partial charge in [0.1, 0.15) is 12.3 Å². The van der Waals surface area contributed by atoms with E-state index in [-0.39, 0.29) is 36.9 Å². The number of fused-ring (bicyclic) bond motifs is 3. The molecule has 4 rings (SSSR count). The number of nitrogens with zero attached hydrogens (tertiary/aromatic N) is 3. The second-order valence-electron chi connectivity index (χ2n) is 8.01. The van der Waals surface area contributed by atoms with E-state index in [9.17, 15) is 14.4 Å². The number of ether oxygens (including phenoxy) is 1. The lowest BCUT2D eigenvalue weighted by molar-refractivity contribution is -0.137. The van der Waals surface area contributed by atoms with Crippen LogP contribution in [0.25, 0.3) is 11.1 Å². The smallest absolute Gasteiger partial charge is 0.411 e. The van der Waals surface area contributed by atoms with Crippen LogP contribution in [0.2, 0.25) is 0 Å². The summed E-state index contributed by atoms with van der Waals surface area (Å²) in [5.74, 6) is -1.49. The first-order valence-electron chi connectivity index (χ1n) is 11.1. The van der Waals surface area contributed by atoms with Crippen LogP contribution in [0.1, 0.15) is 40.9 Å². The maximum atomic E-state index is 13.0. The number of hydrogen-bond acceptors (Lipinski definition) is 5. The topological polar surface area (TPSA) is 114 Å². The number of carbonyl (C=O) groups excluding carboxylic acids is 2. The number of amides is 2. The van der Waals surface area contributed by atoms with Crippen LogP contribution in [-0.2, 0) is 16.6 Å². The van der Waals surface area contributed by atoms with Gasteiger partial charge in [-0.25, -0.2) is 4.79 Å². The molecule has 0 radical (unpaired) electrons. The van der Waals surface area contributed by atoms with Gasteiger partial charge in [0.25, 0.3) is 5.91 Å². The molecule has 0 spiro atoms. The Morgan fingerprint density at radius 1 is 1.09 bits per heavy atom. The van der Waals surface area contributed by atoms with Crippen molar-refractivity contribution < 1.29 is 24.2 Å². The minimum absolute atomic E-state index is 0.0558. The summed E-state index contributed by atoms with van der Waals surface area (Å²) >= 11 is 0. The van der Waals surface area contributed by atoms with E-state index in [4.69, 9.17) is 9.84 Å². The molecule has 0 saturated heterocycles. The Balaban J connectivity index is 1.46. The zero-order valence-electron chi connectivity index (χ0n) is 19.0. The molecule has 1 aliphatic carbocycles. The fourth-order valence-corrected chi connectivity index (χ4v) is 4.31. The van der Waals surface area contributed by atoms with Crippen LogP contribution < -0.4 is 5.32 Å². The van der Waals surface area contributed by atoms with E-state index in [1.54, 1.807) is 14.0 Å². The molecule has 2 N–H and O–H groups in total. The summed E-state index contributed by atoms with van der Waals surface area (Å²) in [6.45, 7) is 2.28. The first-order chi connectivity index (χ1) is 16.4. The van der Waals surface area contributed by atoms with Crippen molar-refractivity contribution >= 4 is 23.7 Å². The van der Waals surface area contributed by atoms with E-state index in [1.807, 2.05) is 36.4 Å². The number of carboxylic acids is 1. The van der Waals surface area contributed by atoms with E-state index in [2.05, 4.69) is 22.5 Å². The Hall–Kier alpha value is -4.14. The highest BCUT2D eigenvalue weighted by atomic mass is 16.5. The molecule has 2 aromatic carbocycles. The lowest BCUT2D eigenvalue weighted by Gasteiger charge is -2.21. The van der Waals surface area contributed by atoms with Gasteiger partial charge in [-0.15, -0.1) is 0 Å². The van der Waals surface area contributed by atoms with Gasteiger partial charge in [0.2, 0.25) is 0 Å². The lowest BCUT2D eigenvalue weighted by Crippen LogP contribution is -2.34. The van der Waals surface area contributed by atoms with Crippen LogP contribution in [-0.4, -0.2) is 57.5 Å². The molecule has 2 amide bonds. The summed E-state index contributed by atoms with van der Waals surface area (Å²) in [5, 5.41) is 15.6. The molecule has 0 fully saturated rings. The number of aliphatic carboxylic acids is 1. The van der Waals surface area contributed by atoms with Crippen molar-refractivity contribution in [2.45, 2.75) is 19.3 Å². The van der Waals surface area contributed by atoms with Crippen LogP contribution in [0.4, 0.5) is 10.5 Å². The summed E-state index contributed by atoms with van der Waals surface area (Å²) in [6, 6.07) is 16.1. The minimum atomic E-state index is -0.992. The molecule has 0 atom stereocenters. The molecule has 1 heterocycles. The van der Waals surface area contributed by atoms with Crippen LogP contribution in [0, 0.1) is 0 Å². The molecule has 0 unspecified atom stereocenters. The first kappa shape index (κ1) is 23.0. The Bertz CT molecular complexity index is 1190. The van der Waals surface area contributed by atoms with E-state index < -0.39 is 18.0 Å². The Labute approximate surface area is 196 Å². The average molecular weight is 463 g/mol.